The first kappa shape index (κ1) is 14.0. The standard InChI is InChI=1S/C15H20FNO2/c1-19-15-8-7-11(16)9-13(15)14(18)10-17-12-5-3-2-4-6-12/h7-9,12,17H,2-6,10H2,1H3. The maximum atomic E-state index is 13.2. The Morgan fingerprint density at radius 1 is 1.37 bits per heavy atom. The van der Waals surface area contributed by atoms with Gasteiger partial charge in [0.05, 0.1) is 19.2 Å². The number of carbonyl (C=O) groups is 1. The largest absolute Gasteiger partial charge is 0.496 e. The summed E-state index contributed by atoms with van der Waals surface area (Å²) in [5.74, 6) is -0.111. The number of nitrogens with one attached hydrogen (secondary N) is 1. The van der Waals surface area contributed by atoms with Gasteiger partial charge in [-0.2, -0.15) is 0 Å². The predicted octanol–water partition coefficient (Wildman–Crippen LogP) is 2.94. The fourth-order valence-corrected chi connectivity index (χ4v) is 2.54. The van der Waals surface area contributed by atoms with E-state index in [1.54, 1.807) is 0 Å². The minimum Gasteiger partial charge on any atom is -0.496 e. The maximum absolute atomic E-state index is 13.2. The normalized spacial score (nSPS) is 16.3. The Kier molecular flexibility index (Phi) is 4.91. The summed E-state index contributed by atoms with van der Waals surface area (Å²) in [4.78, 5) is 12.1. The van der Waals surface area contributed by atoms with Crippen LogP contribution in [0.4, 0.5) is 4.39 Å². The van der Waals surface area contributed by atoms with Crippen LogP contribution in [0.1, 0.15) is 42.5 Å². The molecular formula is C15H20FNO2. The van der Waals surface area contributed by atoms with E-state index in [4.69, 9.17) is 4.74 Å². The van der Waals surface area contributed by atoms with Crippen molar-refractivity contribution in [3.63, 3.8) is 0 Å². The number of benzene rings is 1. The minimum absolute atomic E-state index is 0.123. The number of halogens is 1. The third-order valence-electron chi connectivity index (χ3n) is 3.62. The molecule has 1 saturated carbocycles. The highest BCUT2D eigenvalue weighted by Gasteiger charge is 2.17. The van der Waals surface area contributed by atoms with Crippen LogP contribution in [0.3, 0.4) is 0 Å². The molecule has 0 heterocycles. The van der Waals surface area contributed by atoms with Gasteiger partial charge < -0.3 is 10.1 Å². The molecule has 1 fully saturated rings. The molecule has 2 rings (SSSR count). The quantitative estimate of drug-likeness (QED) is 0.832. The summed E-state index contributed by atoms with van der Waals surface area (Å²) in [6, 6.07) is 4.44. The summed E-state index contributed by atoms with van der Waals surface area (Å²) in [7, 11) is 1.48. The Morgan fingerprint density at radius 2 is 2.11 bits per heavy atom. The van der Waals surface area contributed by atoms with E-state index in [0.717, 1.165) is 12.8 Å². The number of rotatable bonds is 5. The van der Waals surface area contributed by atoms with Crippen molar-refractivity contribution in [1.29, 1.82) is 0 Å². The second-order valence-corrected chi connectivity index (χ2v) is 4.98. The summed E-state index contributed by atoms with van der Waals surface area (Å²) in [6.45, 7) is 0.241. The zero-order chi connectivity index (χ0) is 13.7. The van der Waals surface area contributed by atoms with Gasteiger partial charge in [-0.05, 0) is 31.0 Å². The molecule has 0 bridgehead atoms. The summed E-state index contributed by atoms with van der Waals surface area (Å²) in [6.07, 6.45) is 5.95. The molecule has 0 radical (unpaired) electrons. The smallest absolute Gasteiger partial charge is 0.180 e. The van der Waals surface area contributed by atoms with Crippen LogP contribution in [0.5, 0.6) is 5.75 Å². The van der Waals surface area contributed by atoms with E-state index in [0.29, 0.717) is 17.4 Å². The van der Waals surface area contributed by atoms with Crippen LogP contribution >= 0.6 is 0 Å². The fourth-order valence-electron chi connectivity index (χ4n) is 2.54. The number of methoxy groups -OCH3 is 1. The van der Waals surface area contributed by atoms with Crippen molar-refractivity contribution >= 4 is 5.78 Å². The van der Waals surface area contributed by atoms with Crippen molar-refractivity contribution in [3.8, 4) is 5.75 Å². The lowest BCUT2D eigenvalue weighted by Gasteiger charge is -2.22. The van der Waals surface area contributed by atoms with Crippen LogP contribution in [0.25, 0.3) is 0 Å². The molecule has 0 aliphatic heterocycles. The summed E-state index contributed by atoms with van der Waals surface area (Å²) in [5.41, 5.74) is 0.311. The van der Waals surface area contributed by atoms with E-state index in [-0.39, 0.29) is 12.3 Å². The number of ketones is 1. The van der Waals surface area contributed by atoms with Crippen molar-refractivity contribution in [3.05, 3.63) is 29.6 Å². The van der Waals surface area contributed by atoms with Gasteiger partial charge in [0.15, 0.2) is 5.78 Å². The highest BCUT2D eigenvalue weighted by molar-refractivity contribution is 6.00. The average Bonchev–Trinajstić information content (AvgIpc) is 2.46. The number of Topliss-reactive ketones (excluding diaryl/α,β-unsaturated/α-hetero) is 1. The van der Waals surface area contributed by atoms with Crippen molar-refractivity contribution in [2.75, 3.05) is 13.7 Å². The Bertz CT molecular complexity index is 442. The Labute approximate surface area is 113 Å². The van der Waals surface area contributed by atoms with Crippen LogP contribution in [-0.2, 0) is 0 Å². The number of hydrogen-bond donors (Lipinski definition) is 1. The van der Waals surface area contributed by atoms with Gasteiger partial charge in [0.1, 0.15) is 11.6 Å². The maximum Gasteiger partial charge on any atom is 0.180 e. The first-order valence-corrected chi connectivity index (χ1v) is 6.81. The van der Waals surface area contributed by atoms with E-state index >= 15 is 0 Å². The Morgan fingerprint density at radius 3 is 2.79 bits per heavy atom. The fraction of sp³-hybridized carbons (Fsp3) is 0.533. The number of ether oxygens (including phenoxy) is 1. The molecule has 0 atom stereocenters. The molecule has 1 aliphatic rings. The van der Waals surface area contributed by atoms with E-state index < -0.39 is 5.82 Å². The molecule has 0 spiro atoms. The molecule has 1 N–H and O–H groups in total. The first-order chi connectivity index (χ1) is 9.20. The van der Waals surface area contributed by atoms with Gasteiger partial charge in [0.25, 0.3) is 0 Å². The van der Waals surface area contributed by atoms with Crippen molar-refractivity contribution in [2.45, 2.75) is 38.1 Å². The molecule has 0 amide bonds. The van der Waals surface area contributed by atoms with Crippen LogP contribution < -0.4 is 10.1 Å². The highest BCUT2D eigenvalue weighted by atomic mass is 19.1. The van der Waals surface area contributed by atoms with Crippen LogP contribution in [0.15, 0.2) is 18.2 Å². The molecule has 104 valence electrons. The third kappa shape index (κ3) is 3.77. The van der Waals surface area contributed by atoms with Crippen molar-refractivity contribution in [2.24, 2.45) is 0 Å². The zero-order valence-corrected chi connectivity index (χ0v) is 11.2. The first-order valence-electron chi connectivity index (χ1n) is 6.81. The Balaban J connectivity index is 1.97. The molecule has 19 heavy (non-hydrogen) atoms. The number of hydrogen-bond acceptors (Lipinski definition) is 3. The topological polar surface area (TPSA) is 38.3 Å². The van der Waals surface area contributed by atoms with Crippen LogP contribution in [-0.4, -0.2) is 25.5 Å². The monoisotopic (exact) mass is 265 g/mol. The third-order valence-corrected chi connectivity index (χ3v) is 3.62. The minimum atomic E-state index is -0.415. The molecular weight excluding hydrogens is 245 g/mol. The molecule has 1 aromatic carbocycles. The molecule has 3 nitrogen and oxygen atoms in total. The summed E-state index contributed by atoms with van der Waals surface area (Å²) in [5, 5.41) is 3.26. The molecule has 4 heteroatoms. The van der Waals surface area contributed by atoms with E-state index in [1.807, 2.05) is 0 Å². The zero-order valence-electron chi connectivity index (χ0n) is 11.2. The van der Waals surface area contributed by atoms with Crippen LogP contribution in [0.2, 0.25) is 0 Å². The van der Waals surface area contributed by atoms with Crippen molar-refractivity contribution < 1.29 is 13.9 Å². The molecule has 0 saturated heterocycles. The van der Waals surface area contributed by atoms with E-state index in [2.05, 4.69) is 5.32 Å². The van der Waals surface area contributed by atoms with Crippen molar-refractivity contribution in [1.82, 2.24) is 5.32 Å². The second-order valence-electron chi connectivity index (χ2n) is 4.98. The lowest BCUT2D eigenvalue weighted by Crippen LogP contribution is -2.35. The van der Waals surface area contributed by atoms with Gasteiger partial charge in [-0.15, -0.1) is 0 Å². The predicted molar refractivity (Wildman–Crippen MR) is 72.2 cm³/mol. The van der Waals surface area contributed by atoms with Gasteiger partial charge in [-0.25, -0.2) is 4.39 Å². The van der Waals surface area contributed by atoms with E-state index in [1.165, 1.54) is 44.6 Å². The number of carbonyl (C=O) groups excluding carboxylic acids is 1. The lowest BCUT2D eigenvalue weighted by molar-refractivity contribution is 0.0981. The van der Waals surface area contributed by atoms with Gasteiger partial charge in [-0.1, -0.05) is 19.3 Å². The summed E-state index contributed by atoms with van der Waals surface area (Å²) < 4.78 is 18.3. The van der Waals surface area contributed by atoms with Gasteiger partial charge >= 0.3 is 0 Å². The molecule has 1 aromatic rings. The Hall–Kier alpha value is -1.42. The highest BCUT2D eigenvalue weighted by Crippen LogP contribution is 2.20. The molecule has 0 aromatic heterocycles. The average molecular weight is 265 g/mol. The van der Waals surface area contributed by atoms with Gasteiger partial charge in [0, 0.05) is 6.04 Å². The second kappa shape index (κ2) is 6.66. The molecule has 0 unspecified atom stereocenters. The lowest BCUT2D eigenvalue weighted by atomic mass is 9.95. The van der Waals surface area contributed by atoms with Gasteiger partial charge in [0.2, 0.25) is 0 Å². The van der Waals surface area contributed by atoms with E-state index in [9.17, 15) is 9.18 Å². The summed E-state index contributed by atoms with van der Waals surface area (Å²) >= 11 is 0. The van der Waals surface area contributed by atoms with Gasteiger partial charge in [-0.3, -0.25) is 4.79 Å². The SMILES string of the molecule is COc1ccc(F)cc1C(=O)CNC1CCCCC1. The molecule has 1 aliphatic carbocycles. The van der Waals surface area contributed by atoms with Crippen LogP contribution in [0, 0.1) is 5.82 Å².